The van der Waals surface area contributed by atoms with Gasteiger partial charge >= 0.3 is 0 Å². The third-order valence-corrected chi connectivity index (χ3v) is 4.09. The Hall–Kier alpha value is -0.480. The number of nitrogens with zero attached hydrogens (tertiary/aromatic N) is 1. The minimum absolute atomic E-state index is 0.0000574. The van der Waals surface area contributed by atoms with Crippen molar-refractivity contribution < 1.29 is 8.78 Å². The van der Waals surface area contributed by atoms with Crippen molar-refractivity contribution in [3.63, 3.8) is 0 Å². The summed E-state index contributed by atoms with van der Waals surface area (Å²) in [6, 6.07) is 8.23. The van der Waals surface area contributed by atoms with E-state index in [1.165, 1.54) is 5.56 Å². The quantitative estimate of drug-likeness (QED) is 0.804. The lowest BCUT2D eigenvalue weighted by Gasteiger charge is -2.33. The fourth-order valence-electron chi connectivity index (χ4n) is 2.35. The van der Waals surface area contributed by atoms with Crippen LogP contribution in [0.25, 0.3) is 0 Å². The molecule has 100 valence electrons. The number of rotatable bonds is 3. The van der Waals surface area contributed by atoms with E-state index in [0.29, 0.717) is 19.0 Å². The van der Waals surface area contributed by atoms with Crippen molar-refractivity contribution in [3.05, 3.63) is 34.3 Å². The second-order valence-corrected chi connectivity index (χ2v) is 6.02. The van der Waals surface area contributed by atoms with E-state index in [4.69, 9.17) is 0 Å². The van der Waals surface area contributed by atoms with Gasteiger partial charge in [-0.15, -0.1) is 0 Å². The number of alkyl halides is 2. The highest BCUT2D eigenvalue weighted by Crippen LogP contribution is 2.29. The van der Waals surface area contributed by atoms with E-state index < -0.39 is 5.92 Å². The van der Waals surface area contributed by atoms with E-state index in [2.05, 4.69) is 39.9 Å². The molecule has 1 fully saturated rings. The van der Waals surface area contributed by atoms with Crippen molar-refractivity contribution in [2.45, 2.75) is 31.6 Å². The van der Waals surface area contributed by atoms with Gasteiger partial charge in [0.1, 0.15) is 0 Å². The minimum Gasteiger partial charge on any atom is -0.302 e. The summed E-state index contributed by atoms with van der Waals surface area (Å²) in [5, 5.41) is 0. The Morgan fingerprint density at radius 2 is 1.78 bits per heavy atom. The van der Waals surface area contributed by atoms with Crippen LogP contribution in [0, 0.1) is 0 Å². The van der Waals surface area contributed by atoms with Gasteiger partial charge in [0.25, 0.3) is 5.92 Å². The Morgan fingerprint density at radius 3 is 2.33 bits per heavy atom. The number of piperidine rings is 1. The van der Waals surface area contributed by atoms with Crippen LogP contribution in [0.15, 0.2) is 28.7 Å². The van der Waals surface area contributed by atoms with Gasteiger partial charge in [-0.2, -0.15) is 0 Å². The highest BCUT2D eigenvalue weighted by atomic mass is 79.9. The normalized spacial score (nSPS) is 21.8. The van der Waals surface area contributed by atoms with Crippen molar-refractivity contribution in [1.82, 2.24) is 4.90 Å². The molecular formula is C14H18BrF2N. The van der Waals surface area contributed by atoms with Crippen molar-refractivity contribution >= 4 is 15.9 Å². The summed E-state index contributed by atoms with van der Waals surface area (Å²) in [5.74, 6) is -2.07. The molecule has 1 nitrogen and oxygen atoms in total. The molecule has 0 aromatic heterocycles. The molecule has 1 saturated heterocycles. The standard InChI is InChI=1S/C14H18BrF2N/c1-11(12-2-4-13(15)5-3-12)10-18-8-6-14(16,17)7-9-18/h2-5,11H,6-10H2,1H3. The van der Waals surface area contributed by atoms with Crippen LogP contribution in [0.4, 0.5) is 8.78 Å². The largest absolute Gasteiger partial charge is 0.302 e. The molecule has 18 heavy (non-hydrogen) atoms. The fraction of sp³-hybridized carbons (Fsp3) is 0.571. The van der Waals surface area contributed by atoms with E-state index in [1.807, 2.05) is 12.1 Å². The average molecular weight is 318 g/mol. The highest BCUT2D eigenvalue weighted by molar-refractivity contribution is 9.10. The zero-order valence-corrected chi connectivity index (χ0v) is 12.1. The lowest BCUT2D eigenvalue weighted by Crippen LogP contribution is -2.40. The molecule has 1 aromatic rings. The third-order valence-electron chi connectivity index (χ3n) is 3.56. The highest BCUT2D eigenvalue weighted by Gasteiger charge is 2.34. The molecular weight excluding hydrogens is 300 g/mol. The van der Waals surface area contributed by atoms with E-state index in [9.17, 15) is 8.78 Å². The minimum atomic E-state index is -2.45. The lowest BCUT2D eigenvalue weighted by atomic mass is 9.99. The van der Waals surface area contributed by atoms with Gasteiger partial charge in [-0.25, -0.2) is 8.78 Å². The van der Waals surface area contributed by atoms with Crippen molar-refractivity contribution in [2.24, 2.45) is 0 Å². The molecule has 1 atom stereocenters. The molecule has 1 aromatic carbocycles. The summed E-state index contributed by atoms with van der Waals surface area (Å²) >= 11 is 3.41. The van der Waals surface area contributed by atoms with E-state index in [0.717, 1.165) is 11.0 Å². The van der Waals surface area contributed by atoms with Crippen LogP contribution in [0.2, 0.25) is 0 Å². The summed E-state index contributed by atoms with van der Waals surface area (Å²) in [5.41, 5.74) is 1.26. The maximum Gasteiger partial charge on any atom is 0.250 e. The molecule has 0 bridgehead atoms. The van der Waals surface area contributed by atoms with Crippen LogP contribution >= 0.6 is 15.9 Å². The number of hydrogen-bond acceptors (Lipinski definition) is 1. The Morgan fingerprint density at radius 1 is 1.22 bits per heavy atom. The molecule has 0 aliphatic carbocycles. The predicted molar refractivity (Wildman–Crippen MR) is 73.2 cm³/mol. The molecule has 0 spiro atoms. The van der Waals surface area contributed by atoms with Gasteiger partial charge in [-0.05, 0) is 23.6 Å². The first-order valence-electron chi connectivity index (χ1n) is 6.32. The van der Waals surface area contributed by atoms with Crippen LogP contribution in [0.5, 0.6) is 0 Å². The summed E-state index contributed by atoms with van der Waals surface area (Å²) in [6.07, 6.45) is 0.000115. The summed E-state index contributed by atoms with van der Waals surface area (Å²) < 4.78 is 27.2. The van der Waals surface area contributed by atoms with Crippen molar-refractivity contribution in [3.8, 4) is 0 Å². The Balaban J connectivity index is 1.88. The molecule has 1 heterocycles. The lowest BCUT2D eigenvalue weighted by molar-refractivity contribution is -0.0557. The first-order valence-corrected chi connectivity index (χ1v) is 7.11. The number of hydrogen-bond donors (Lipinski definition) is 0. The molecule has 0 amide bonds. The number of likely N-dealkylation sites (tertiary alicyclic amines) is 1. The van der Waals surface area contributed by atoms with Gasteiger partial charge in [0.2, 0.25) is 0 Å². The van der Waals surface area contributed by atoms with Gasteiger partial charge in [-0.1, -0.05) is 35.0 Å². The zero-order chi connectivity index (χ0) is 13.2. The van der Waals surface area contributed by atoms with Gasteiger partial charge in [-0.3, -0.25) is 0 Å². The molecule has 0 radical (unpaired) electrons. The Bertz CT molecular complexity index is 381. The zero-order valence-electron chi connectivity index (χ0n) is 10.5. The fourth-order valence-corrected chi connectivity index (χ4v) is 2.61. The van der Waals surface area contributed by atoms with Crippen LogP contribution in [-0.4, -0.2) is 30.5 Å². The maximum absolute atomic E-state index is 13.1. The summed E-state index contributed by atoms with van der Waals surface area (Å²) in [4.78, 5) is 2.14. The molecule has 0 saturated carbocycles. The van der Waals surface area contributed by atoms with E-state index in [1.54, 1.807) is 0 Å². The van der Waals surface area contributed by atoms with Crippen LogP contribution in [-0.2, 0) is 0 Å². The van der Waals surface area contributed by atoms with Crippen molar-refractivity contribution in [1.29, 1.82) is 0 Å². The second-order valence-electron chi connectivity index (χ2n) is 5.11. The van der Waals surface area contributed by atoms with Gasteiger partial charge in [0, 0.05) is 36.9 Å². The smallest absolute Gasteiger partial charge is 0.250 e. The average Bonchev–Trinajstić information content (AvgIpc) is 2.33. The topological polar surface area (TPSA) is 3.24 Å². The van der Waals surface area contributed by atoms with Gasteiger partial charge in [0.15, 0.2) is 0 Å². The van der Waals surface area contributed by atoms with Crippen LogP contribution in [0.3, 0.4) is 0 Å². The number of halogens is 3. The SMILES string of the molecule is CC(CN1CCC(F)(F)CC1)c1ccc(Br)cc1. The van der Waals surface area contributed by atoms with E-state index in [-0.39, 0.29) is 12.8 Å². The maximum atomic E-state index is 13.1. The van der Waals surface area contributed by atoms with Gasteiger partial charge < -0.3 is 4.90 Å². The monoisotopic (exact) mass is 317 g/mol. The molecule has 1 aliphatic rings. The molecule has 4 heteroatoms. The third kappa shape index (κ3) is 3.75. The Kier molecular flexibility index (Phi) is 4.38. The van der Waals surface area contributed by atoms with Crippen LogP contribution in [0.1, 0.15) is 31.2 Å². The van der Waals surface area contributed by atoms with E-state index >= 15 is 0 Å². The van der Waals surface area contributed by atoms with Crippen LogP contribution < -0.4 is 0 Å². The molecule has 1 unspecified atom stereocenters. The predicted octanol–water partition coefficient (Wildman–Crippen LogP) is 4.28. The molecule has 1 aliphatic heterocycles. The summed E-state index contributed by atoms with van der Waals surface area (Å²) in [7, 11) is 0. The number of benzene rings is 1. The van der Waals surface area contributed by atoms with Crippen molar-refractivity contribution in [2.75, 3.05) is 19.6 Å². The molecule has 2 rings (SSSR count). The first kappa shape index (κ1) is 13.9. The summed E-state index contributed by atoms with van der Waals surface area (Å²) in [6.45, 7) is 4.02. The van der Waals surface area contributed by atoms with Gasteiger partial charge in [0.05, 0.1) is 0 Å². The second kappa shape index (κ2) is 5.66. The molecule has 0 N–H and O–H groups in total. The Labute approximate surface area is 115 Å². The first-order chi connectivity index (χ1) is 8.46.